The molecule has 1 rings (SSSR count). The molecule has 20 heavy (non-hydrogen) atoms. The first-order valence-electron chi connectivity index (χ1n) is 5.87. The molecule has 0 aliphatic carbocycles. The van der Waals surface area contributed by atoms with Gasteiger partial charge in [-0.2, -0.15) is 13.2 Å². The lowest BCUT2D eigenvalue weighted by molar-refractivity contribution is -0.178. The van der Waals surface area contributed by atoms with Gasteiger partial charge in [-0.05, 0) is 20.8 Å². The summed E-state index contributed by atoms with van der Waals surface area (Å²) in [5.74, 6) is -2.14. The average molecular weight is 298 g/mol. The Kier molecular flexibility index (Phi) is 4.23. The first-order valence-corrected chi connectivity index (χ1v) is 5.87. The van der Waals surface area contributed by atoms with E-state index in [1.54, 1.807) is 26.1 Å². The van der Waals surface area contributed by atoms with Crippen molar-refractivity contribution in [1.82, 2.24) is 10.2 Å². The number of amides is 2. The standard InChI is InChI=1S/C11H17F3N2O4/c1-9(2,3)20-8(19)16-4-10(5-16,6-17)15-7(18)11(12,13)14/h17H,4-6H2,1-3H3,(H,15,18). The number of nitrogens with one attached hydrogen (secondary N) is 1. The van der Waals surface area contributed by atoms with E-state index < -0.39 is 35.9 Å². The van der Waals surface area contributed by atoms with Crippen LogP contribution in [0.3, 0.4) is 0 Å². The largest absolute Gasteiger partial charge is 0.471 e. The van der Waals surface area contributed by atoms with Gasteiger partial charge in [-0.15, -0.1) is 0 Å². The Morgan fingerprint density at radius 1 is 1.30 bits per heavy atom. The molecule has 0 aromatic carbocycles. The molecule has 2 N–H and O–H groups in total. The van der Waals surface area contributed by atoms with E-state index >= 15 is 0 Å². The monoisotopic (exact) mass is 298 g/mol. The summed E-state index contributed by atoms with van der Waals surface area (Å²) < 4.78 is 41.5. The van der Waals surface area contributed by atoms with Gasteiger partial charge in [0.1, 0.15) is 5.60 Å². The van der Waals surface area contributed by atoms with Crippen LogP contribution in [0.1, 0.15) is 20.8 Å². The Hall–Kier alpha value is -1.51. The molecule has 1 aliphatic rings. The van der Waals surface area contributed by atoms with Gasteiger partial charge in [-0.25, -0.2) is 4.79 Å². The molecule has 1 fully saturated rings. The number of rotatable bonds is 2. The van der Waals surface area contributed by atoms with Crippen molar-refractivity contribution in [3.8, 4) is 0 Å². The van der Waals surface area contributed by atoms with E-state index in [9.17, 15) is 22.8 Å². The molecule has 1 saturated heterocycles. The Morgan fingerprint density at radius 2 is 1.80 bits per heavy atom. The van der Waals surface area contributed by atoms with Crippen LogP contribution in [-0.4, -0.2) is 59.0 Å². The van der Waals surface area contributed by atoms with Crippen molar-refractivity contribution in [2.45, 2.75) is 38.1 Å². The lowest BCUT2D eigenvalue weighted by Crippen LogP contribution is -2.74. The second-order valence-corrected chi connectivity index (χ2v) is 5.73. The van der Waals surface area contributed by atoms with E-state index in [0.29, 0.717) is 0 Å². The van der Waals surface area contributed by atoms with E-state index in [-0.39, 0.29) is 13.1 Å². The number of halogens is 3. The predicted molar refractivity (Wildman–Crippen MR) is 61.8 cm³/mol. The molecule has 116 valence electrons. The highest BCUT2D eigenvalue weighted by atomic mass is 19.4. The van der Waals surface area contributed by atoms with Crippen molar-refractivity contribution in [3.05, 3.63) is 0 Å². The number of nitrogens with zero attached hydrogens (tertiary/aromatic N) is 1. The van der Waals surface area contributed by atoms with Crippen LogP contribution < -0.4 is 5.32 Å². The summed E-state index contributed by atoms with van der Waals surface area (Å²) >= 11 is 0. The zero-order valence-electron chi connectivity index (χ0n) is 11.4. The normalized spacial score (nSPS) is 18.2. The third kappa shape index (κ3) is 3.99. The van der Waals surface area contributed by atoms with Gasteiger partial charge in [0.15, 0.2) is 0 Å². The topological polar surface area (TPSA) is 78.9 Å². The third-order valence-electron chi connectivity index (χ3n) is 2.58. The molecule has 0 saturated carbocycles. The molecular weight excluding hydrogens is 281 g/mol. The lowest BCUT2D eigenvalue weighted by atomic mass is 9.91. The Morgan fingerprint density at radius 3 is 2.15 bits per heavy atom. The number of hydrogen-bond donors (Lipinski definition) is 2. The fraction of sp³-hybridized carbons (Fsp3) is 0.818. The number of aliphatic hydroxyl groups excluding tert-OH is 1. The summed E-state index contributed by atoms with van der Waals surface area (Å²) in [5.41, 5.74) is -2.20. The highest BCUT2D eigenvalue weighted by Gasteiger charge is 2.51. The number of alkyl halides is 3. The minimum absolute atomic E-state index is 0.236. The summed E-state index contributed by atoms with van der Waals surface area (Å²) in [4.78, 5) is 23.6. The molecule has 6 nitrogen and oxygen atoms in total. The van der Waals surface area contributed by atoms with E-state index in [4.69, 9.17) is 9.84 Å². The summed E-state index contributed by atoms with van der Waals surface area (Å²) in [5, 5.41) is 10.8. The fourth-order valence-electron chi connectivity index (χ4n) is 1.67. The zero-order valence-corrected chi connectivity index (χ0v) is 11.4. The molecule has 0 aromatic heterocycles. The third-order valence-corrected chi connectivity index (χ3v) is 2.58. The van der Waals surface area contributed by atoms with Crippen LogP contribution in [0.15, 0.2) is 0 Å². The molecule has 1 aliphatic heterocycles. The van der Waals surface area contributed by atoms with Gasteiger partial charge in [0.2, 0.25) is 0 Å². The Balaban J connectivity index is 2.58. The maximum atomic E-state index is 12.2. The van der Waals surface area contributed by atoms with Crippen LogP contribution in [0.4, 0.5) is 18.0 Å². The van der Waals surface area contributed by atoms with Gasteiger partial charge in [0, 0.05) is 0 Å². The highest BCUT2D eigenvalue weighted by molar-refractivity contribution is 5.83. The minimum atomic E-state index is -5.03. The van der Waals surface area contributed by atoms with Crippen LogP contribution in [-0.2, 0) is 9.53 Å². The van der Waals surface area contributed by atoms with Crippen molar-refractivity contribution < 1.29 is 32.6 Å². The summed E-state index contributed by atoms with van der Waals surface area (Å²) in [7, 11) is 0. The molecule has 0 radical (unpaired) electrons. The number of likely N-dealkylation sites (tertiary alicyclic amines) is 1. The van der Waals surface area contributed by atoms with Crippen LogP contribution in [0, 0.1) is 0 Å². The van der Waals surface area contributed by atoms with Crippen LogP contribution in [0.2, 0.25) is 0 Å². The number of carbonyl (C=O) groups excluding carboxylic acids is 2. The number of aliphatic hydroxyl groups is 1. The molecule has 0 aromatic rings. The number of carbonyl (C=O) groups is 2. The zero-order chi connectivity index (χ0) is 15.8. The molecule has 1 heterocycles. The quantitative estimate of drug-likeness (QED) is 0.784. The van der Waals surface area contributed by atoms with Crippen LogP contribution in [0.5, 0.6) is 0 Å². The molecular formula is C11H17F3N2O4. The second kappa shape index (κ2) is 5.12. The predicted octanol–water partition coefficient (Wildman–Crippen LogP) is 0.647. The van der Waals surface area contributed by atoms with Gasteiger partial charge >= 0.3 is 18.2 Å². The number of hydrogen-bond acceptors (Lipinski definition) is 4. The van der Waals surface area contributed by atoms with Crippen molar-refractivity contribution in [2.75, 3.05) is 19.7 Å². The van der Waals surface area contributed by atoms with Gasteiger partial charge < -0.3 is 20.1 Å². The first-order chi connectivity index (χ1) is 8.88. The van der Waals surface area contributed by atoms with E-state index in [2.05, 4.69) is 0 Å². The van der Waals surface area contributed by atoms with E-state index in [0.717, 1.165) is 4.90 Å². The SMILES string of the molecule is CC(C)(C)OC(=O)N1CC(CO)(NC(=O)C(F)(F)F)C1. The average Bonchev–Trinajstić information content (AvgIpc) is 2.18. The first kappa shape index (κ1) is 16.5. The highest BCUT2D eigenvalue weighted by Crippen LogP contribution is 2.25. The molecule has 0 atom stereocenters. The lowest BCUT2D eigenvalue weighted by Gasteiger charge is -2.49. The van der Waals surface area contributed by atoms with Gasteiger partial charge in [0.05, 0.1) is 25.2 Å². The second-order valence-electron chi connectivity index (χ2n) is 5.73. The smallest absolute Gasteiger partial charge is 0.444 e. The number of ether oxygens (including phenoxy) is 1. The van der Waals surface area contributed by atoms with Gasteiger partial charge in [0.25, 0.3) is 0 Å². The van der Waals surface area contributed by atoms with E-state index in [1.807, 2.05) is 0 Å². The maximum Gasteiger partial charge on any atom is 0.471 e. The van der Waals surface area contributed by atoms with Crippen molar-refractivity contribution in [1.29, 1.82) is 0 Å². The molecule has 0 bridgehead atoms. The molecule has 9 heteroatoms. The molecule has 0 spiro atoms. The Labute approximate surface area is 113 Å². The molecule has 0 unspecified atom stereocenters. The molecule has 2 amide bonds. The van der Waals surface area contributed by atoms with Gasteiger partial charge in [-0.1, -0.05) is 0 Å². The summed E-state index contributed by atoms with van der Waals surface area (Å²) in [6.45, 7) is 3.77. The van der Waals surface area contributed by atoms with Crippen molar-refractivity contribution in [3.63, 3.8) is 0 Å². The van der Waals surface area contributed by atoms with Crippen LogP contribution in [0.25, 0.3) is 0 Å². The van der Waals surface area contributed by atoms with Gasteiger partial charge in [-0.3, -0.25) is 4.79 Å². The fourth-order valence-corrected chi connectivity index (χ4v) is 1.67. The maximum absolute atomic E-state index is 12.2. The van der Waals surface area contributed by atoms with E-state index in [1.165, 1.54) is 0 Å². The van der Waals surface area contributed by atoms with Crippen molar-refractivity contribution in [2.24, 2.45) is 0 Å². The minimum Gasteiger partial charge on any atom is -0.444 e. The Bertz CT molecular complexity index is 397. The van der Waals surface area contributed by atoms with Crippen LogP contribution >= 0.6 is 0 Å². The summed E-state index contributed by atoms with van der Waals surface area (Å²) in [6.07, 6.45) is -5.74. The summed E-state index contributed by atoms with van der Waals surface area (Å²) in [6, 6.07) is 0. The van der Waals surface area contributed by atoms with Crippen molar-refractivity contribution >= 4 is 12.0 Å².